The topological polar surface area (TPSA) is 64.7 Å². The summed E-state index contributed by atoms with van der Waals surface area (Å²) in [5, 5.41) is 8.34. The summed E-state index contributed by atoms with van der Waals surface area (Å²) in [7, 11) is 0. The second kappa shape index (κ2) is 2.86. The fourth-order valence-corrected chi connectivity index (χ4v) is 1.44. The molecule has 0 amide bonds. The van der Waals surface area contributed by atoms with Gasteiger partial charge in [-0.25, -0.2) is 0 Å². The summed E-state index contributed by atoms with van der Waals surface area (Å²) < 4.78 is 0. The minimum atomic E-state index is 0.634. The van der Waals surface area contributed by atoms with Crippen molar-refractivity contribution in [2.24, 2.45) is 0 Å². The highest BCUT2D eigenvalue weighted by Crippen LogP contribution is 2.23. The third kappa shape index (κ3) is 1.14. The first-order valence-corrected chi connectivity index (χ1v) is 4.23. The Morgan fingerprint density at radius 2 is 2.33 bits per heavy atom. The molecule has 0 spiro atoms. The number of hydrogen-bond donors (Lipinski definition) is 1. The van der Waals surface area contributed by atoms with Gasteiger partial charge in [-0.05, 0) is 12.1 Å². The Hall–Kier alpha value is -1.49. The first-order chi connectivity index (χ1) is 5.88. The molecule has 0 aromatic carbocycles. The Bertz CT molecular complexity index is 371. The van der Waals surface area contributed by atoms with Crippen LogP contribution in [0.1, 0.15) is 0 Å². The molecule has 5 heteroatoms. The molecule has 0 fully saturated rings. The van der Waals surface area contributed by atoms with E-state index < -0.39 is 0 Å². The lowest BCUT2D eigenvalue weighted by molar-refractivity contribution is 1.09. The van der Waals surface area contributed by atoms with E-state index in [0.717, 1.165) is 5.01 Å². The van der Waals surface area contributed by atoms with Crippen LogP contribution in [-0.2, 0) is 0 Å². The van der Waals surface area contributed by atoms with E-state index in [-0.39, 0.29) is 0 Å². The molecule has 0 saturated carbocycles. The molecule has 0 aliphatic carbocycles. The van der Waals surface area contributed by atoms with E-state index in [0.29, 0.717) is 11.4 Å². The number of hydrogen-bond acceptors (Lipinski definition) is 5. The first-order valence-electron chi connectivity index (χ1n) is 3.35. The molecule has 60 valence electrons. The maximum atomic E-state index is 5.69. The predicted molar refractivity (Wildman–Crippen MR) is 47.6 cm³/mol. The van der Waals surface area contributed by atoms with Gasteiger partial charge in [0.1, 0.15) is 11.2 Å². The minimum absolute atomic E-state index is 0.634. The van der Waals surface area contributed by atoms with Crippen molar-refractivity contribution in [3.8, 4) is 10.7 Å². The van der Waals surface area contributed by atoms with Crippen molar-refractivity contribution >= 4 is 17.0 Å². The first kappa shape index (κ1) is 7.17. The van der Waals surface area contributed by atoms with Crippen molar-refractivity contribution in [1.29, 1.82) is 0 Å². The largest absolute Gasteiger partial charge is 0.397 e. The summed E-state index contributed by atoms with van der Waals surface area (Å²) in [5.41, 5.74) is 8.69. The minimum Gasteiger partial charge on any atom is -0.397 e. The summed E-state index contributed by atoms with van der Waals surface area (Å²) in [5.74, 6) is 0. The van der Waals surface area contributed by atoms with Crippen molar-refractivity contribution in [3.05, 3.63) is 23.8 Å². The van der Waals surface area contributed by atoms with Gasteiger partial charge in [-0.15, -0.1) is 10.2 Å². The molecular weight excluding hydrogens is 172 g/mol. The van der Waals surface area contributed by atoms with Gasteiger partial charge in [0, 0.05) is 6.20 Å². The summed E-state index contributed by atoms with van der Waals surface area (Å²) in [6.45, 7) is 0. The normalized spacial score (nSPS) is 10.0. The van der Waals surface area contributed by atoms with Crippen molar-refractivity contribution in [2.45, 2.75) is 0 Å². The van der Waals surface area contributed by atoms with Crippen LogP contribution >= 0.6 is 11.3 Å². The van der Waals surface area contributed by atoms with Gasteiger partial charge in [-0.1, -0.05) is 11.3 Å². The van der Waals surface area contributed by atoms with E-state index in [1.165, 1.54) is 11.3 Å². The second-order valence-corrected chi connectivity index (χ2v) is 3.02. The molecule has 0 bridgehead atoms. The van der Waals surface area contributed by atoms with Crippen LogP contribution in [-0.4, -0.2) is 15.2 Å². The van der Waals surface area contributed by atoms with Gasteiger partial charge in [0.25, 0.3) is 0 Å². The van der Waals surface area contributed by atoms with Crippen molar-refractivity contribution in [1.82, 2.24) is 15.2 Å². The van der Waals surface area contributed by atoms with Crippen LogP contribution in [0.5, 0.6) is 0 Å². The summed E-state index contributed by atoms with van der Waals surface area (Å²) in [4.78, 5) is 4.10. The summed E-state index contributed by atoms with van der Waals surface area (Å²) in [6, 6.07) is 3.59. The number of nitrogen functional groups attached to an aromatic ring is 1. The SMILES string of the molecule is Nc1cccnc1-c1nncs1. The number of pyridine rings is 1. The van der Waals surface area contributed by atoms with Crippen LogP contribution in [0.4, 0.5) is 5.69 Å². The van der Waals surface area contributed by atoms with E-state index in [2.05, 4.69) is 15.2 Å². The highest BCUT2D eigenvalue weighted by atomic mass is 32.1. The van der Waals surface area contributed by atoms with E-state index in [9.17, 15) is 0 Å². The predicted octanol–water partition coefficient (Wildman–Crippen LogP) is 1.18. The number of nitrogens with two attached hydrogens (primary N) is 1. The lowest BCUT2D eigenvalue weighted by Crippen LogP contribution is -1.91. The van der Waals surface area contributed by atoms with Crippen LogP contribution in [0.15, 0.2) is 23.8 Å². The van der Waals surface area contributed by atoms with E-state index in [1.54, 1.807) is 23.8 Å². The Balaban J connectivity index is 2.55. The molecule has 0 radical (unpaired) electrons. The number of rotatable bonds is 1. The van der Waals surface area contributed by atoms with Crippen LogP contribution in [0.2, 0.25) is 0 Å². The van der Waals surface area contributed by atoms with Crippen LogP contribution in [0, 0.1) is 0 Å². The fraction of sp³-hybridized carbons (Fsp3) is 0. The molecule has 2 rings (SSSR count). The van der Waals surface area contributed by atoms with Gasteiger partial charge in [0.2, 0.25) is 0 Å². The molecule has 0 unspecified atom stereocenters. The van der Waals surface area contributed by atoms with Crippen molar-refractivity contribution in [3.63, 3.8) is 0 Å². The molecule has 4 nitrogen and oxygen atoms in total. The standard InChI is InChI=1S/C7H6N4S/c8-5-2-1-3-9-6(5)7-11-10-4-12-7/h1-4H,8H2. The second-order valence-electron chi connectivity index (χ2n) is 2.19. The Kier molecular flexibility index (Phi) is 1.71. The zero-order chi connectivity index (χ0) is 8.39. The monoisotopic (exact) mass is 178 g/mol. The molecule has 0 aliphatic heterocycles. The smallest absolute Gasteiger partial charge is 0.168 e. The van der Waals surface area contributed by atoms with Crippen LogP contribution in [0.3, 0.4) is 0 Å². The molecule has 2 heterocycles. The highest BCUT2D eigenvalue weighted by molar-refractivity contribution is 7.12. The zero-order valence-corrected chi connectivity index (χ0v) is 6.95. The lowest BCUT2D eigenvalue weighted by Gasteiger charge is -1.97. The van der Waals surface area contributed by atoms with Gasteiger partial charge >= 0.3 is 0 Å². The summed E-state index contributed by atoms with van der Waals surface area (Å²) >= 11 is 1.43. The van der Waals surface area contributed by atoms with Gasteiger partial charge < -0.3 is 5.73 Å². The number of anilines is 1. The molecule has 12 heavy (non-hydrogen) atoms. The highest BCUT2D eigenvalue weighted by Gasteiger charge is 2.05. The number of nitrogens with zero attached hydrogens (tertiary/aromatic N) is 3. The molecule has 2 N–H and O–H groups in total. The zero-order valence-electron chi connectivity index (χ0n) is 6.14. The van der Waals surface area contributed by atoms with Gasteiger partial charge in [0.15, 0.2) is 5.01 Å². The van der Waals surface area contributed by atoms with Crippen LogP contribution in [0.25, 0.3) is 10.7 Å². The Labute approximate surface area is 73.1 Å². The van der Waals surface area contributed by atoms with Gasteiger partial charge in [-0.3, -0.25) is 4.98 Å². The average Bonchev–Trinajstić information content (AvgIpc) is 2.57. The van der Waals surface area contributed by atoms with E-state index >= 15 is 0 Å². The molecule has 2 aromatic rings. The molecular formula is C7H6N4S. The summed E-state index contributed by atoms with van der Waals surface area (Å²) in [6.07, 6.45) is 1.69. The van der Waals surface area contributed by atoms with E-state index in [4.69, 9.17) is 5.73 Å². The van der Waals surface area contributed by atoms with Crippen molar-refractivity contribution < 1.29 is 0 Å². The quantitative estimate of drug-likeness (QED) is 0.712. The Morgan fingerprint density at radius 3 is 3.00 bits per heavy atom. The molecule has 0 atom stereocenters. The maximum absolute atomic E-state index is 5.69. The fourth-order valence-electron chi connectivity index (χ4n) is 0.873. The lowest BCUT2D eigenvalue weighted by atomic mass is 10.3. The third-order valence-electron chi connectivity index (χ3n) is 1.40. The molecule has 2 aromatic heterocycles. The molecule has 0 saturated heterocycles. The maximum Gasteiger partial charge on any atom is 0.168 e. The average molecular weight is 178 g/mol. The van der Waals surface area contributed by atoms with Gasteiger partial charge in [-0.2, -0.15) is 0 Å². The number of aromatic nitrogens is 3. The van der Waals surface area contributed by atoms with Gasteiger partial charge in [0.05, 0.1) is 5.69 Å². The third-order valence-corrected chi connectivity index (χ3v) is 2.10. The molecule has 0 aliphatic rings. The Morgan fingerprint density at radius 1 is 1.42 bits per heavy atom. The van der Waals surface area contributed by atoms with Crippen molar-refractivity contribution in [2.75, 3.05) is 5.73 Å². The van der Waals surface area contributed by atoms with E-state index in [1.807, 2.05) is 0 Å². The van der Waals surface area contributed by atoms with Crippen LogP contribution < -0.4 is 5.73 Å².